The molecule has 3 aliphatic rings. The summed E-state index contributed by atoms with van der Waals surface area (Å²) in [5.74, 6) is 0.314. The average molecular weight is 449 g/mol. The number of ketones is 1. The molecule has 0 aromatic heterocycles. The first kappa shape index (κ1) is 21.8. The van der Waals surface area contributed by atoms with Crippen LogP contribution in [0, 0.1) is 0 Å². The maximum absolute atomic E-state index is 12.9. The van der Waals surface area contributed by atoms with E-state index < -0.39 is 11.9 Å². The highest BCUT2D eigenvalue weighted by molar-refractivity contribution is 6.01. The van der Waals surface area contributed by atoms with Crippen molar-refractivity contribution in [1.82, 2.24) is 10.4 Å². The highest BCUT2D eigenvalue weighted by Gasteiger charge is 2.49. The summed E-state index contributed by atoms with van der Waals surface area (Å²) < 4.78 is 11.7. The Kier molecular flexibility index (Phi) is 6.26. The second-order valence-corrected chi connectivity index (χ2v) is 8.99. The van der Waals surface area contributed by atoms with Crippen LogP contribution in [-0.2, 0) is 20.9 Å². The van der Waals surface area contributed by atoms with E-state index in [-0.39, 0.29) is 11.7 Å². The van der Waals surface area contributed by atoms with Crippen LogP contribution in [0.5, 0.6) is 5.75 Å². The average Bonchev–Trinajstić information content (AvgIpc) is 2.82. The lowest BCUT2D eigenvalue weighted by Crippen LogP contribution is -2.66. The molecule has 2 saturated heterocycles. The van der Waals surface area contributed by atoms with Crippen molar-refractivity contribution < 1.29 is 23.9 Å². The molecule has 7 heteroatoms. The molecule has 2 aromatic carbocycles. The van der Waals surface area contributed by atoms with Gasteiger partial charge in [0.05, 0.1) is 12.0 Å². The van der Waals surface area contributed by atoms with E-state index in [9.17, 15) is 9.59 Å². The molecule has 2 aromatic rings. The van der Waals surface area contributed by atoms with Gasteiger partial charge in [0.25, 0.3) is 5.91 Å². The van der Waals surface area contributed by atoms with E-state index in [1.807, 2.05) is 30.3 Å². The smallest absolute Gasteiger partial charge is 0.267 e. The number of hydroxylamine groups is 1. The molecule has 0 radical (unpaired) electrons. The van der Waals surface area contributed by atoms with Gasteiger partial charge in [-0.1, -0.05) is 36.4 Å². The molecule has 3 heterocycles. The Morgan fingerprint density at radius 1 is 1.18 bits per heavy atom. The summed E-state index contributed by atoms with van der Waals surface area (Å²) in [5.41, 5.74) is 4.54. The van der Waals surface area contributed by atoms with Crippen LogP contribution in [0.4, 0.5) is 0 Å². The number of Topliss-reactive ketones (excluding diaryl/α,β-unsaturated/α-hetero) is 1. The minimum Gasteiger partial charge on any atom is -0.483 e. The van der Waals surface area contributed by atoms with Gasteiger partial charge in [-0.3, -0.25) is 14.5 Å². The number of hydrogen-bond donors (Lipinski definition) is 1. The zero-order valence-corrected chi connectivity index (χ0v) is 18.5. The van der Waals surface area contributed by atoms with Crippen LogP contribution in [0.25, 0.3) is 6.08 Å². The number of nitrogens with zero attached hydrogens (tertiary/aromatic N) is 1. The van der Waals surface area contributed by atoms with Crippen molar-refractivity contribution in [2.75, 3.05) is 19.7 Å². The Morgan fingerprint density at radius 2 is 2.03 bits per heavy atom. The van der Waals surface area contributed by atoms with E-state index in [2.05, 4.69) is 22.5 Å². The monoisotopic (exact) mass is 448 g/mol. The van der Waals surface area contributed by atoms with Crippen LogP contribution in [0.15, 0.2) is 54.6 Å². The fraction of sp³-hybridized carbons (Fsp3) is 0.385. The first-order valence-corrected chi connectivity index (χ1v) is 11.5. The highest BCUT2D eigenvalue weighted by Crippen LogP contribution is 2.39. The molecule has 5 rings (SSSR count). The maximum atomic E-state index is 12.9. The van der Waals surface area contributed by atoms with Crippen molar-refractivity contribution >= 4 is 17.8 Å². The molecule has 0 bridgehead atoms. The van der Waals surface area contributed by atoms with Crippen LogP contribution >= 0.6 is 0 Å². The summed E-state index contributed by atoms with van der Waals surface area (Å²) in [4.78, 5) is 32.5. The van der Waals surface area contributed by atoms with E-state index in [1.54, 1.807) is 12.1 Å². The van der Waals surface area contributed by atoms with Crippen molar-refractivity contribution in [1.29, 1.82) is 0 Å². The van der Waals surface area contributed by atoms with Crippen LogP contribution in [0.2, 0.25) is 0 Å². The standard InChI is InChI=1S/C26H28N2O5/c29-22-15-26(17-28(18-26)16-20-6-2-1-3-7-20)32-23-11-9-19(14-21(22)23)10-12-24(30)27-33-25-8-4-5-13-31-25/h1-3,6-7,9-12,14,25H,4-5,8,13,15-18H2,(H,27,30). The Labute approximate surface area is 193 Å². The van der Waals surface area contributed by atoms with Crippen molar-refractivity contribution in [3.63, 3.8) is 0 Å². The molecule has 1 amide bonds. The van der Waals surface area contributed by atoms with Gasteiger partial charge in [-0.05, 0) is 42.2 Å². The molecular weight excluding hydrogens is 420 g/mol. The summed E-state index contributed by atoms with van der Waals surface area (Å²) in [6.07, 6.45) is 5.82. The minimum atomic E-state index is -0.436. The predicted molar refractivity (Wildman–Crippen MR) is 122 cm³/mol. The van der Waals surface area contributed by atoms with Gasteiger partial charge >= 0.3 is 0 Å². The predicted octanol–water partition coefficient (Wildman–Crippen LogP) is 3.49. The third-order valence-electron chi connectivity index (χ3n) is 6.24. The van der Waals surface area contributed by atoms with Crippen LogP contribution in [-0.4, -0.2) is 48.2 Å². The second-order valence-electron chi connectivity index (χ2n) is 8.99. The molecule has 1 N–H and O–H groups in total. The SMILES string of the molecule is O=C(C=Cc1ccc2c(c1)C(=O)CC1(CN(Cc3ccccc3)C1)O2)NOC1CCCCO1. The largest absolute Gasteiger partial charge is 0.483 e. The van der Waals surface area contributed by atoms with E-state index in [4.69, 9.17) is 14.3 Å². The lowest BCUT2D eigenvalue weighted by molar-refractivity contribution is -0.198. The topological polar surface area (TPSA) is 77.1 Å². The van der Waals surface area contributed by atoms with Crippen molar-refractivity contribution in [3.8, 4) is 5.75 Å². The summed E-state index contributed by atoms with van der Waals surface area (Å²) in [6, 6.07) is 15.7. The molecule has 1 spiro atoms. The molecule has 1 unspecified atom stereocenters. The summed E-state index contributed by atoms with van der Waals surface area (Å²) in [7, 11) is 0. The maximum Gasteiger partial charge on any atom is 0.267 e. The number of rotatable bonds is 6. The minimum absolute atomic E-state index is 0.0769. The molecule has 7 nitrogen and oxygen atoms in total. The van der Waals surface area contributed by atoms with Crippen LogP contribution in [0.3, 0.4) is 0 Å². The molecule has 0 saturated carbocycles. The van der Waals surface area contributed by atoms with E-state index in [0.29, 0.717) is 24.3 Å². The van der Waals surface area contributed by atoms with Gasteiger partial charge in [0, 0.05) is 38.7 Å². The lowest BCUT2D eigenvalue weighted by atomic mass is 9.83. The first-order chi connectivity index (χ1) is 16.1. The van der Waals surface area contributed by atoms with Gasteiger partial charge in [0.2, 0.25) is 0 Å². The number of fused-ring (bicyclic) bond motifs is 1. The number of carbonyl (C=O) groups excluding carboxylic acids is 2. The normalized spacial score (nSPS) is 21.9. The Morgan fingerprint density at radius 3 is 2.82 bits per heavy atom. The van der Waals surface area contributed by atoms with Gasteiger partial charge in [-0.25, -0.2) is 10.3 Å². The third-order valence-corrected chi connectivity index (χ3v) is 6.24. The first-order valence-electron chi connectivity index (χ1n) is 11.5. The number of ether oxygens (including phenoxy) is 2. The lowest BCUT2D eigenvalue weighted by Gasteiger charge is -2.51. The molecule has 0 aliphatic carbocycles. The second kappa shape index (κ2) is 9.47. The van der Waals surface area contributed by atoms with Crippen LogP contribution < -0.4 is 10.2 Å². The van der Waals surface area contributed by atoms with Gasteiger partial charge in [0.15, 0.2) is 12.1 Å². The fourth-order valence-electron chi connectivity index (χ4n) is 4.65. The summed E-state index contributed by atoms with van der Waals surface area (Å²) in [5, 5.41) is 0. The molecule has 33 heavy (non-hydrogen) atoms. The van der Waals surface area contributed by atoms with Gasteiger partial charge in [0.1, 0.15) is 11.4 Å². The van der Waals surface area contributed by atoms with Gasteiger partial charge in [-0.2, -0.15) is 0 Å². The van der Waals surface area contributed by atoms with Gasteiger partial charge < -0.3 is 9.47 Å². The summed E-state index contributed by atoms with van der Waals surface area (Å²) >= 11 is 0. The third kappa shape index (κ3) is 5.16. The Bertz CT molecular complexity index is 1040. The fourth-order valence-corrected chi connectivity index (χ4v) is 4.65. The summed E-state index contributed by atoms with van der Waals surface area (Å²) in [6.45, 7) is 2.97. The van der Waals surface area contributed by atoms with E-state index in [0.717, 1.165) is 44.5 Å². The van der Waals surface area contributed by atoms with Gasteiger partial charge in [-0.15, -0.1) is 0 Å². The molecule has 1 atom stereocenters. The Balaban J connectivity index is 1.16. The molecule has 3 aliphatic heterocycles. The van der Waals surface area contributed by atoms with Crippen molar-refractivity contribution in [2.24, 2.45) is 0 Å². The molecule has 2 fully saturated rings. The molecular formula is C26H28N2O5. The number of benzene rings is 2. The number of hydrogen-bond acceptors (Lipinski definition) is 6. The highest BCUT2D eigenvalue weighted by atomic mass is 16.8. The number of likely N-dealkylation sites (tertiary alicyclic amines) is 1. The van der Waals surface area contributed by atoms with Crippen molar-refractivity contribution in [3.05, 3.63) is 71.3 Å². The zero-order valence-electron chi connectivity index (χ0n) is 18.5. The molecule has 172 valence electrons. The Hall–Kier alpha value is -3.00. The quantitative estimate of drug-likeness (QED) is 0.539. The van der Waals surface area contributed by atoms with Crippen molar-refractivity contribution in [2.45, 2.75) is 44.1 Å². The van der Waals surface area contributed by atoms with Crippen LogP contribution in [0.1, 0.15) is 47.2 Å². The van der Waals surface area contributed by atoms with E-state index in [1.165, 1.54) is 11.6 Å². The number of amides is 1. The zero-order chi connectivity index (χ0) is 22.7. The number of nitrogens with one attached hydrogen (secondary N) is 1. The number of carbonyl (C=O) groups is 2. The van der Waals surface area contributed by atoms with E-state index >= 15 is 0 Å².